The molecule has 2 atom stereocenters. The molecule has 1 aromatic rings. The summed E-state index contributed by atoms with van der Waals surface area (Å²) in [5, 5.41) is 13.3. The van der Waals surface area contributed by atoms with Crippen molar-refractivity contribution in [1.29, 1.82) is 0 Å². The monoisotopic (exact) mass is 283 g/mol. The highest BCUT2D eigenvalue weighted by atomic mass is 32.2. The first-order valence-electron chi connectivity index (χ1n) is 6.69. The van der Waals surface area contributed by atoms with Crippen LogP contribution in [0.1, 0.15) is 27.2 Å². The molecule has 1 rings (SSSR count). The van der Waals surface area contributed by atoms with Crippen LogP contribution in [-0.2, 0) is 0 Å². The predicted molar refractivity (Wildman–Crippen MR) is 82.1 cm³/mol. The van der Waals surface area contributed by atoms with Crippen LogP contribution < -0.4 is 10.1 Å². The van der Waals surface area contributed by atoms with Crippen LogP contribution in [0, 0.1) is 0 Å². The Balaban J connectivity index is 2.55. The Bertz CT molecular complexity index is 369. The third-order valence-electron chi connectivity index (χ3n) is 3.09. The zero-order chi connectivity index (χ0) is 14.3. The molecule has 0 radical (unpaired) electrons. The van der Waals surface area contributed by atoms with E-state index in [2.05, 4.69) is 38.2 Å². The number of aliphatic hydroxyl groups is 1. The molecule has 0 bridgehead atoms. The number of ether oxygens (including phenoxy) is 1. The van der Waals surface area contributed by atoms with Gasteiger partial charge in [-0.1, -0.05) is 13.8 Å². The number of thioether (sulfide) groups is 1. The maximum atomic E-state index is 9.51. The molecule has 2 N–H and O–H groups in total. The molecule has 19 heavy (non-hydrogen) atoms. The molecule has 0 spiro atoms. The van der Waals surface area contributed by atoms with Gasteiger partial charge in [0.1, 0.15) is 5.75 Å². The molecule has 0 saturated carbocycles. The first kappa shape index (κ1) is 16.3. The number of methoxy groups -OCH3 is 1. The van der Waals surface area contributed by atoms with Gasteiger partial charge in [0.15, 0.2) is 0 Å². The molecule has 0 fully saturated rings. The van der Waals surface area contributed by atoms with Crippen LogP contribution in [0.4, 0.5) is 0 Å². The van der Waals surface area contributed by atoms with Gasteiger partial charge in [-0.05, 0) is 44.2 Å². The van der Waals surface area contributed by atoms with Crippen molar-refractivity contribution < 1.29 is 9.84 Å². The van der Waals surface area contributed by atoms with E-state index in [1.165, 1.54) is 4.90 Å². The van der Waals surface area contributed by atoms with Gasteiger partial charge < -0.3 is 15.2 Å². The minimum absolute atomic E-state index is 0.161. The highest BCUT2D eigenvalue weighted by Gasteiger charge is 2.24. The molecule has 0 aliphatic heterocycles. The van der Waals surface area contributed by atoms with Gasteiger partial charge in [0, 0.05) is 15.7 Å². The first-order valence-corrected chi connectivity index (χ1v) is 7.57. The van der Waals surface area contributed by atoms with E-state index in [0.29, 0.717) is 5.25 Å². The van der Waals surface area contributed by atoms with Crippen molar-refractivity contribution in [3.05, 3.63) is 24.3 Å². The average Bonchev–Trinajstić information content (AvgIpc) is 2.39. The third-order valence-corrected chi connectivity index (χ3v) is 4.20. The molecule has 4 heteroatoms. The zero-order valence-electron chi connectivity index (χ0n) is 12.3. The van der Waals surface area contributed by atoms with Gasteiger partial charge in [-0.3, -0.25) is 0 Å². The van der Waals surface area contributed by atoms with E-state index in [9.17, 15) is 5.11 Å². The number of likely N-dealkylation sites (N-methyl/N-ethyl adjacent to an activating group) is 1. The summed E-state index contributed by atoms with van der Waals surface area (Å²) < 4.78 is 5.15. The van der Waals surface area contributed by atoms with E-state index < -0.39 is 0 Å². The molecule has 0 aliphatic carbocycles. The summed E-state index contributed by atoms with van der Waals surface area (Å²) in [6.45, 7) is 7.36. The topological polar surface area (TPSA) is 41.5 Å². The quantitative estimate of drug-likeness (QED) is 0.720. The number of hydrogen-bond donors (Lipinski definition) is 2. The van der Waals surface area contributed by atoms with E-state index >= 15 is 0 Å². The summed E-state index contributed by atoms with van der Waals surface area (Å²) >= 11 is 1.82. The Morgan fingerprint density at radius 3 is 2.47 bits per heavy atom. The van der Waals surface area contributed by atoms with Crippen LogP contribution in [0.2, 0.25) is 0 Å². The molecule has 0 aliphatic rings. The number of hydrogen-bond acceptors (Lipinski definition) is 4. The highest BCUT2D eigenvalue weighted by Crippen LogP contribution is 2.29. The fourth-order valence-corrected chi connectivity index (χ4v) is 3.39. The van der Waals surface area contributed by atoms with E-state index in [-0.39, 0.29) is 12.1 Å². The fraction of sp³-hybridized carbons (Fsp3) is 0.600. The van der Waals surface area contributed by atoms with Crippen molar-refractivity contribution >= 4 is 11.8 Å². The number of nitrogens with one attached hydrogen (secondary N) is 1. The second kappa shape index (κ2) is 7.78. The second-order valence-corrected chi connectivity index (χ2v) is 6.57. The molecular formula is C15H25NO2S. The number of rotatable bonds is 8. The van der Waals surface area contributed by atoms with Gasteiger partial charge in [0.05, 0.1) is 13.7 Å². The lowest BCUT2D eigenvalue weighted by atomic mass is 9.97. The highest BCUT2D eigenvalue weighted by molar-refractivity contribution is 7.99. The minimum atomic E-state index is -0.201. The summed E-state index contributed by atoms with van der Waals surface area (Å²) in [5.74, 6) is 0.879. The molecule has 108 valence electrons. The van der Waals surface area contributed by atoms with Crippen molar-refractivity contribution in [2.24, 2.45) is 0 Å². The van der Waals surface area contributed by atoms with Crippen molar-refractivity contribution in [3.8, 4) is 5.75 Å². The molecule has 0 saturated heterocycles. The average molecular weight is 283 g/mol. The lowest BCUT2D eigenvalue weighted by molar-refractivity contribution is 0.168. The minimum Gasteiger partial charge on any atom is -0.497 e. The summed E-state index contributed by atoms with van der Waals surface area (Å²) in [6.07, 6.45) is 0.925. The Kier molecular flexibility index (Phi) is 6.69. The summed E-state index contributed by atoms with van der Waals surface area (Å²) in [6, 6.07) is 8.10. The summed E-state index contributed by atoms with van der Waals surface area (Å²) in [4.78, 5) is 1.23. The van der Waals surface area contributed by atoms with Crippen LogP contribution in [0.25, 0.3) is 0 Å². The Labute approximate surface area is 120 Å². The molecule has 0 heterocycles. The van der Waals surface area contributed by atoms with E-state index in [1.807, 2.05) is 23.9 Å². The third kappa shape index (κ3) is 5.43. The van der Waals surface area contributed by atoms with Crippen LogP contribution in [0.5, 0.6) is 5.75 Å². The summed E-state index contributed by atoms with van der Waals surface area (Å²) in [7, 11) is 1.67. The second-order valence-electron chi connectivity index (χ2n) is 5.06. The van der Waals surface area contributed by atoms with Crippen LogP contribution in [-0.4, -0.2) is 36.2 Å². The van der Waals surface area contributed by atoms with Crippen molar-refractivity contribution in [2.45, 2.75) is 42.9 Å². The first-order chi connectivity index (χ1) is 9.03. The number of aliphatic hydroxyl groups excluding tert-OH is 1. The van der Waals surface area contributed by atoms with Crippen LogP contribution in [0.3, 0.4) is 0 Å². The lowest BCUT2D eigenvalue weighted by Crippen LogP contribution is -2.47. The van der Waals surface area contributed by atoms with E-state index in [1.54, 1.807) is 7.11 Å². The standard InChI is InChI=1S/C15H25NO2S/c1-5-16-15(3,11-17)10-12(2)19-14-8-6-13(18-4)7-9-14/h6-9,12,16-17H,5,10-11H2,1-4H3. The SMILES string of the molecule is CCNC(C)(CO)CC(C)Sc1ccc(OC)cc1. The predicted octanol–water partition coefficient (Wildman–Crippen LogP) is 2.93. The Hall–Kier alpha value is -0.710. The van der Waals surface area contributed by atoms with Crippen LogP contribution >= 0.6 is 11.8 Å². The molecule has 2 unspecified atom stereocenters. The zero-order valence-corrected chi connectivity index (χ0v) is 13.1. The molecule has 1 aromatic carbocycles. The molecule has 3 nitrogen and oxygen atoms in total. The van der Waals surface area contributed by atoms with Gasteiger partial charge >= 0.3 is 0 Å². The molecule has 0 amide bonds. The van der Waals surface area contributed by atoms with E-state index in [0.717, 1.165) is 18.7 Å². The smallest absolute Gasteiger partial charge is 0.118 e. The molecule has 0 aromatic heterocycles. The lowest BCUT2D eigenvalue weighted by Gasteiger charge is -2.31. The summed E-state index contributed by atoms with van der Waals surface area (Å²) in [5.41, 5.74) is -0.201. The van der Waals surface area contributed by atoms with Crippen molar-refractivity contribution in [3.63, 3.8) is 0 Å². The van der Waals surface area contributed by atoms with Gasteiger partial charge in [-0.2, -0.15) is 0 Å². The van der Waals surface area contributed by atoms with Gasteiger partial charge in [-0.15, -0.1) is 11.8 Å². The maximum Gasteiger partial charge on any atom is 0.118 e. The van der Waals surface area contributed by atoms with Crippen LogP contribution in [0.15, 0.2) is 29.2 Å². The fourth-order valence-electron chi connectivity index (χ4n) is 2.18. The molecular weight excluding hydrogens is 258 g/mol. The van der Waals surface area contributed by atoms with Gasteiger partial charge in [-0.25, -0.2) is 0 Å². The Morgan fingerprint density at radius 2 is 2.00 bits per heavy atom. The van der Waals surface area contributed by atoms with Gasteiger partial charge in [0.25, 0.3) is 0 Å². The normalized spacial score (nSPS) is 15.8. The maximum absolute atomic E-state index is 9.51. The van der Waals surface area contributed by atoms with Gasteiger partial charge in [0.2, 0.25) is 0 Å². The largest absolute Gasteiger partial charge is 0.497 e. The Morgan fingerprint density at radius 1 is 1.37 bits per heavy atom. The van der Waals surface area contributed by atoms with Crippen molar-refractivity contribution in [1.82, 2.24) is 5.32 Å². The van der Waals surface area contributed by atoms with Crippen molar-refractivity contribution in [2.75, 3.05) is 20.3 Å². The van der Waals surface area contributed by atoms with E-state index in [4.69, 9.17) is 4.74 Å². The number of benzene rings is 1.